The molecule has 2 aliphatic rings. The number of halogens is 2. The van der Waals surface area contributed by atoms with E-state index < -0.39 is 30.0 Å². The third-order valence-corrected chi connectivity index (χ3v) is 8.61. The first kappa shape index (κ1) is 31.9. The quantitative estimate of drug-likeness (QED) is 0.228. The van der Waals surface area contributed by atoms with Crippen molar-refractivity contribution in [2.75, 3.05) is 20.3 Å². The molecule has 226 valence electrons. The molecule has 11 heteroatoms. The monoisotopic (exact) mass is 694 g/mol. The highest BCUT2D eigenvalue weighted by atomic mass is 127. The fourth-order valence-electron chi connectivity index (χ4n) is 5.62. The van der Waals surface area contributed by atoms with Crippen LogP contribution >= 0.6 is 22.6 Å². The van der Waals surface area contributed by atoms with Gasteiger partial charge in [-0.2, -0.15) is 0 Å². The van der Waals surface area contributed by atoms with Crippen LogP contribution in [0.2, 0.25) is 0 Å². The molecule has 0 saturated heterocycles. The maximum Gasteiger partial charge on any atom is 0.247 e. The minimum atomic E-state index is -1.29. The number of aldehydes is 1. The number of rotatable bonds is 12. The molecule has 0 spiro atoms. The smallest absolute Gasteiger partial charge is 0.247 e. The van der Waals surface area contributed by atoms with Gasteiger partial charge in [-0.3, -0.25) is 14.4 Å². The van der Waals surface area contributed by atoms with Crippen molar-refractivity contribution >= 4 is 40.7 Å². The van der Waals surface area contributed by atoms with E-state index in [0.29, 0.717) is 21.0 Å². The number of nitrogens with one attached hydrogen (secondary N) is 1. The highest BCUT2D eigenvalue weighted by Gasteiger charge is 2.41. The van der Waals surface area contributed by atoms with E-state index in [0.717, 1.165) is 25.7 Å². The maximum absolute atomic E-state index is 14.8. The van der Waals surface area contributed by atoms with Crippen LogP contribution in [0.4, 0.5) is 4.39 Å². The number of nitrogens with zero attached hydrogens (tertiary/aromatic N) is 1. The van der Waals surface area contributed by atoms with Gasteiger partial charge in [0.05, 0.1) is 23.3 Å². The number of carbonyl (C=O) groups is 3. The SMILES string of the molecule is COc1cc(C=O)cc(I)c1OC1C=C(C(=O)NCCO)CC(N(Cc2ccccc2F)C(=O)CC2CCCC2)C1O. The number of methoxy groups -OCH3 is 1. The summed E-state index contributed by atoms with van der Waals surface area (Å²) >= 11 is 1.99. The largest absolute Gasteiger partial charge is 0.493 e. The third-order valence-electron chi connectivity index (χ3n) is 7.81. The molecule has 0 heterocycles. The van der Waals surface area contributed by atoms with Gasteiger partial charge >= 0.3 is 0 Å². The van der Waals surface area contributed by atoms with E-state index >= 15 is 0 Å². The maximum atomic E-state index is 14.8. The zero-order valence-corrected chi connectivity index (χ0v) is 25.6. The van der Waals surface area contributed by atoms with Crippen molar-refractivity contribution in [3.63, 3.8) is 0 Å². The molecule has 2 aromatic carbocycles. The Hall–Kier alpha value is -3.03. The number of benzene rings is 2. The predicted molar refractivity (Wildman–Crippen MR) is 162 cm³/mol. The summed E-state index contributed by atoms with van der Waals surface area (Å²) in [6, 6.07) is 8.37. The molecule has 0 radical (unpaired) electrons. The summed E-state index contributed by atoms with van der Waals surface area (Å²) in [6.45, 7) is -0.330. The van der Waals surface area contributed by atoms with Gasteiger partial charge in [-0.15, -0.1) is 0 Å². The summed E-state index contributed by atoms with van der Waals surface area (Å²) < 4.78 is 27.1. The molecule has 0 aliphatic heterocycles. The Morgan fingerprint density at radius 3 is 2.62 bits per heavy atom. The molecule has 1 fully saturated rings. The van der Waals surface area contributed by atoms with Crippen molar-refractivity contribution in [3.05, 3.63) is 68.6 Å². The van der Waals surface area contributed by atoms with Crippen LogP contribution in [0, 0.1) is 15.3 Å². The Balaban J connectivity index is 1.72. The van der Waals surface area contributed by atoms with E-state index in [-0.39, 0.29) is 61.4 Å². The summed E-state index contributed by atoms with van der Waals surface area (Å²) in [7, 11) is 1.42. The lowest BCUT2D eigenvalue weighted by Gasteiger charge is -2.41. The minimum Gasteiger partial charge on any atom is -0.493 e. The fourth-order valence-corrected chi connectivity index (χ4v) is 6.37. The van der Waals surface area contributed by atoms with E-state index in [9.17, 15) is 29.0 Å². The van der Waals surface area contributed by atoms with Gasteiger partial charge in [0.1, 0.15) is 24.3 Å². The van der Waals surface area contributed by atoms with Crippen molar-refractivity contribution in [2.45, 2.75) is 63.3 Å². The second-order valence-electron chi connectivity index (χ2n) is 10.6. The van der Waals surface area contributed by atoms with Gasteiger partial charge in [0.2, 0.25) is 11.8 Å². The molecule has 4 rings (SSSR count). The van der Waals surface area contributed by atoms with E-state index in [2.05, 4.69) is 5.32 Å². The van der Waals surface area contributed by atoms with Crippen LogP contribution in [0.3, 0.4) is 0 Å². The first-order valence-corrected chi connectivity index (χ1v) is 15.1. The van der Waals surface area contributed by atoms with Gasteiger partial charge in [-0.25, -0.2) is 4.39 Å². The van der Waals surface area contributed by atoms with E-state index in [4.69, 9.17) is 9.47 Å². The number of ether oxygens (including phenoxy) is 2. The van der Waals surface area contributed by atoms with Gasteiger partial charge in [0, 0.05) is 42.6 Å². The molecule has 9 nitrogen and oxygen atoms in total. The van der Waals surface area contributed by atoms with Crippen LogP contribution in [-0.4, -0.2) is 71.7 Å². The van der Waals surface area contributed by atoms with Crippen molar-refractivity contribution in [1.29, 1.82) is 0 Å². The second-order valence-corrected chi connectivity index (χ2v) is 11.8. The van der Waals surface area contributed by atoms with E-state index in [1.54, 1.807) is 24.3 Å². The first-order valence-electron chi connectivity index (χ1n) is 14.1. The number of hydrogen-bond acceptors (Lipinski definition) is 7. The highest BCUT2D eigenvalue weighted by molar-refractivity contribution is 14.1. The Morgan fingerprint density at radius 2 is 1.95 bits per heavy atom. The lowest BCUT2D eigenvalue weighted by Crippen LogP contribution is -2.55. The zero-order chi connectivity index (χ0) is 30.2. The second kappa shape index (κ2) is 14.9. The number of amides is 2. The third kappa shape index (κ3) is 7.67. The van der Waals surface area contributed by atoms with Crippen molar-refractivity contribution in [3.8, 4) is 11.5 Å². The molecule has 3 unspecified atom stereocenters. The summed E-state index contributed by atoms with van der Waals surface area (Å²) in [6.07, 6.45) is 4.03. The van der Waals surface area contributed by atoms with Crippen molar-refractivity contribution in [1.82, 2.24) is 10.2 Å². The molecular weight excluding hydrogens is 658 g/mol. The van der Waals surface area contributed by atoms with E-state index in [1.165, 1.54) is 30.2 Å². The van der Waals surface area contributed by atoms with Crippen LogP contribution in [0.15, 0.2) is 48.0 Å². The number of aliphatic hydroxyl groups is 2. The topological polar surface area (TPSA) is 125 Å². The Bertz CT molecular complexity index is 1310. The number of aliphatic hydroxyl groups excluding tert-OH is 2. The average Bonchev–Trinajstić information content (AvgIpc) is 3.50. The Kier molecular flexibility index (Phi) is 11.3. The highest BCUT2D eigenvalue weighted by Crippen LogP contribution is 2.37. The van der Waals surface area contributed by atoms with Crippen molar-refractivity contribution < 1.29 is 38.5 Å². The van der Waals surface area contributed by atoms with Crippen LogP contribution < -0.4 is 14.8 Å². The van der Waals surface area contributed by atoms with Crippen LogP contribution in [0.25, 0.3) is 0 Å². The molecule has 2 amide bonds. The fraction of sp³-hybridized carbons (Fsp3) is 0.452. The number of carbonyl (C=O) groups excluding carboxylic acids is 3. The summed E-state index contributed by atoms with van der Waals surface area (Å²) in [5.74, 6) is -0.441. The van der Waals surface area contributed by atoms with E-state index in [1.807, 2.05) is 22.6 Å². The molecule has 0 bridgehead atoms. The van der Waals surface area contributed by atoms with Gasteiger partial charge < -0.3 is 29.9 Å². The molecule has 1 saturated carbocycles. The lowest BCUT2D eigenvalue weighted by molar-refractivity contribution is -0.140. The molecule has 2 aromatic rings. The predicted octanol–water partition coefficient (Wildman–Crippen LogP) is 3.78. The summed E-state index contributed by atoms with van der Waals surface area (Å²) in [5.41, 5.74) is 0.928. The van der Waals surface area contributed by atoms with Crippen LogP contribution in [0.5, 0.6) is 11.5 Å². The Labute approximate surface area is 258 Å². The Morgan fingerprint density at radius 1 is 1.21 bits per heavy atom. The van der Waals surface area contributed by atoms with Gasteiger partial charge in [0.15, 0.2) is 11.5 Å². The average molecular weight is 695 g/mol. The first-order chi connectivity index (χ1) is 20.2. The molecule has 3 atom stereocenters. The standard InChI is InChI=1S/C31H36FIN2O7/c1-41-27-13-20(18-37)12-24(33)30(27)42-26-16-22(31(40)34-10-11-36)15-25(29(26)39)35(17-21-8-4-5-9-23(21)32)28(38)14-19-6-2-3-7-19/h4-5,8-9,12-13,16,18-19,25-26,29,36,39H,2-3,6-7,10-11,14-15,17H2,1H3,(H,34,40). The zero-order valence-electron chi connectivity index (χ0n) is 23.4. The van der Waals surface area contributed by atoms with Crippen LogP contribution in [-0.2, 0) is 16.1 Å². The van der Waals surface area contributed by atoms with Crippen LogP contribution in [0.1, 0.15) is 54.4 Å². The molecule has 3 N–H and O–H groups in total. The molecule has 2 aliphatic carbocycles. The van der Waals surface area contributed by atoms with Gasteiger partial charge in [0.25, 0.3) is 0 Å². The summed E-state index contributed by atoms with van der Waals surface area (Å²) in [4.78, 5) is 39.8. The van der Waals surface area contributed by atoms with Gasteiger partial charge in [-0.05, 0) is 65.6 Å². The molecular formula is C31H36FIN2O7. The molecule has 0 aromatic heterocycles. The normalized spacial score (nSPS) is 20.5. The van der Waals surface area contributed by atoms with Gasteiger partial charge in [-0.1, -0.05) is 31.0 Å². The number of hydrogen-bond donors (Lipinski definition) is 3. The minimum absolute atomic E-state index is 0.00144. The molecule has 42 heavy (non-hydrogen) atoms. The van der Waals surface area contributed by atoms with Crippen molar-refractivity contribution in [2.24, 2.45) is 5.92 Å². The summed E-state index contributed by atoms with van der Waals surface area (Å²) in [5, 5.41) is 23.6. The lowest BCUT2D eigenvalue weighted by atomic mass is 9.87.